The van der Waals surface area contributed by atoms with E-state index in [4.69, 9.17) is 16.3 Å². The molecule has 2 heterocycles. The Morgan fingerprint density at radius 3 is 2.53 bits per heavy atom. The normalized spacial score (nSPS) is 12.2. The van der Waals surface area contributed by atoms with E-state index in [0.29, 0.717) is 23.0 Å². The fraction of sp³-hybridized carbons (Fsp3) is 0.407. The van der Waals surface area contributed by atoms with Crippen LogP contribution in [0.2, 0.25) is 5.02 Å². The predicted molar refractivity (Wildman–Crippen MR) is 148 cm³/mol. The molecule has 0 unspecified atom stereocenters. The smallest absolute Gasteiger partial charge is 0.295 e. The summed E-state index contributed by atoms with van der Waals surface area (Å²) in [6.07, 6.45) is 1.47. The predicted octanol–water partition coefficient (Wildman–Crippen LogP) is 3.69. The lowest BCUT2D eigenvalue weighted by Gasteiger charge is -2.24. The molecular weight excluding hydrogens is 508 g/mol. The van der Waals surface area contributed by atoms with Crippen LogP contribution in [-0.4, -0.2) is 46.4 Å². The molecule has 2 amide bonds. The number of pyridine rings is 1. The molecule has 3 aromatic rings. The van der Waals surface area contributed by atoms with E-state index >= 15 is 0 Å². The standard InChI is InChI=1S/C27H35ClN6O4/c1-7-38-25-20(13-18(28)15-30-25)24(36)31-16-27(3,4)14-21(35)32-22-23(17(2)29-5)33(6)34(26(22)37)19-11-9-8-10-12-19/h8-13,15,17,29H,7,14,16H2,1-6H3,(H,31,36)(H,32,35)/t17-/m0/s1. The number of carbonyl (C=O) groups excluding carboxylic acids is 2. The number of nitrogens with one attached hydrogen (secondary N) is 3. The van der Waals surface area contributed by atoms with Gasteiger partial charge in [-0.15, -0.1) is 0 Å². The molecule has 0 fully saturated rings. The molecular formula is C27H35ClN6O4. The van der Waals surface area contributed by atoms with Crippen LogP contribution in [0.15, 0.2) is 47.4 Å². The molecule has 0 aliphatic heterocycles. The first-order valence-electron chi connectivity index (χ1n) is 12.4. The summed E-state index contributed by atoms with van der Waals surface area (Å²) in [6, 6.07) is 10.5. The van der Waals surface area contributed by atoms with Gasteiger partial charge in [0.05, 0.1) is 23.0 Å². The lowest BCUT2D eigenvalue weighted by atomic mass is 9.88. The summed E-state index contributed by atoms with van der Waals surface area (Å²) in [6.45, 7) is 7.97. The number of benzene rings is 1. The second-order valence-electron chi connectivity index (χ2n) is 9.76. The highest BCUT2D eigenvalue weighted by molar-refractivity contribution is 6.30. The Balaban J connectivity index is 1.77. The van der Waals surface area contributed by atoms with E-state index in [9.17, 15) is 14.4 Å². The molecule has 0 saturated heterocycles. The lowest BCUT2D eigenvalue weighted by molar-refractivity contribution is -0.118. The maximum Gasteiger partial charge on any atom is 0.295 e. The fourth-order valence-electron chi connectivity index (χ4n) is 4.17. The zero-order chi connectivity index (χ0) is 28.0. The summed E-state index contributed by atoms with van der Waals surface area (Å²) >= 11 is 6.02. The zero-order valence-corrected chi connectivity index (χ0v) is 23.3. The molecule has 1 atom stereocenters. The molecule has 0 radical (unpaired) electrons. The van der Waals surface area contributed by atoms with Crippen molar-refractivity contribution in [3.8, 4) is 11.6 Å². The van der Waals surface area contributed by atoms with Crippen molar-refractivity contribution < 1.29 is 14.3 Å². The minimum atomic E-state index is -0.625. The summed E-state index contributed by atoms with van der Waals surface area (Å²) in [5.41, 5.74) is 0.824. The second-order valence-corrected chi connectivity index (χ2v) is 10.2. The van der Waals surface area contributed by atoms with Gasteiger partial charge in [-0.1, -0.05) is 43.6 Å². The minimum Gasteiger partial charge on any atom is -0.477 e. The topological polar surface area (TPSA) is 119 Å². The molecule has 0 bridgehead atoms. The van der Waals surface area contributed by atoms with Crippen molar-refractivity contribution in [2.45, 2.75) is 40.2 Å². The Hall–Kier alpha value is -3.63. The maximum absolute atomic E-state index is 13.4. The number of amides is 2. The number of anilines is 1. The SMILES string of the molecule is CCOc1ncc(Cl)cc1C(=O)NCC(C)(C)CC(=O)Nc1c([C@H](C)NC)n(C)n(-c2ccccc2)c1=O. The van der Waals surface area contributed by atoms with E-state index < -0.39 is 11.3 Å². The summed E-state index contributed by atoms with van der Waals surface area (Å²) in [4.78, 5) is 43.5. The van der Waals surface area contributed by atoms with Crippen molar-refractivity contribution in [2.24, 2.45) is 12.5 Å². The van der Waals surface area contributed by atoms with Gasteiger partial charge in [0.1, 0.15) is 11.3 Å². The number of carbonyl (C=O) groups is 2. The van der Waals surface area contributed by atoms with E-state index in [0.717, 1.165) is 0 Å². The van der Waals surface area contributed by atoms with Gasteiger partial charge in [0, 0.05) is 32.3 Å². The van der Waals surface area contributed by atoms with Gasteiger partial charge in [0.25, 0.3) is 11.5 Å². The van der Waals surface area contributed by atoms with Gasteiger partial charge < -0.3 is 20.7 Å². The Labute approximate surface area is 227 Å². The largest absolute Gasteiger partial charge is 0.477 e. The van der Waals surface area contributed by atoms with E-state index in [1.54, 1.807) is 25.7 Å². The highest BCUT2D eigenvalue weighted by atomic mass is 35.5. The van der Waals surface area contributed by atoms with Crippen molar-refractivity contribution in [3.05, 3.63) is 69.2 Å². The number of hydrogen-bond donors (Lipinski definition) is 3. The first kappa shape index (κ1) is 28.9. The first-order chi connectivity index (χ1) is 18.0. The number of ether oxygens (including phenoxy) is 1. The summed E-state index contributed by atoms with van der Waals surface area (Å²) in [5, 5.41) is 9.14. The van der Waals surface area contributed by atoms with Gasteiger partial charge in [-0.05, 0) is 44.5 Å². The molecule has 3 N–H and O–H groups in total. The molecule has 1 aromatic carbocycles. The number of hydrogen-bond acceptors (Lipinski definition) is 6. The number of nitrogens with zero attached hydrogens (tertiary/aromatic N) is 3. The van der Waals surface area contributed by atoms with Crippen molar-refractivity contribution >= 4 is 29.1 Å². The van der Waals surface area contributed by atoms with Crippen LogP contribution in [0.4, 0.5) is 5.69 Å². The summed E-state index contributed by atoms with van der Waals surface area (Å²) < 4.78 is 8.71. The van der Waals surface area contributed by atoms with Crippen LogP contribution in [0.3, 0.4) is 0 Å². The van der Waals surface area contributed by atoms with E-state index in [1.165, 1.54) is 16.9 Å². The van der Waals surface area contributed by atoms with Crippen LogP contribution in [0.5, 0.6) is 5.88 Å². The van der Waals surface area contributed by atoms with Gasteiger partial charge >= 0.3 is 0 Å². The Morgan fingerprint density at radius 1 is 1.21 bits per heavy atom. The van der Waals surface area contributed by atoms with E-state index in [-0.39, 0.29) is 47.6 Å². The third-order valence-electron chi connectivity index (χ3n) is 6.13. The summed E-state index contributed by atoms with van der Waals surface area (Å²) in [7, 11) is 3.58. The quantitative estimate of drug-likeness (QED) is 0.340. The molecule has 2 aromatic heterocycles. The molecule has 204 valence electrons. The van der Waals surface area contributed by atoms with Crippen molar-refractivity contribution in [3.63, 3.8) is 0 Å². The number of para-hydroxylation sites is 1. The fourth-order valence-corrected chi connectivity index (χ4v) is 4.33. The summed E-state index contributed by atoms with van der Waals surface area (Å²) in [5.74, 6) is -0.554. The average molecular weight is 543 g/mol. The van der Waals surface area contributed by atoms with E-state index in [1.807, 2.05) is 51.1 Å². The highest BCUT2D eigenvalue weighted by Crippen LogP contribution is 2.25. The molecule has 0 aliphatic rings. The van der Waals surface area contributed by atoms with Crippen LogP contribution >= 0.6 is 11.6 Å². The number of rotatable bonds is 11. The van der Waals surface area contributed by atoms with Crippen LogP contribution in [-0.2, 0) is 11.8 Å². The van der Waals surface area contributed by atoms with Crippen LogP contribution < -0.4 is 26.2 Å². The average Bonchev–Trinajstić information content (AvgIpc) is 3.12. The van der Waals surface area contributed by atoms with Crippen molar-refractivity contribution in [1.82, 2.24) is 25.0 Å². The lowest BCUT2D eigenvalue weighted by Crippen LogP contribution is -2.37. The van der Waals surface area contributed by atoms with Gasteiger partial charge in [-0.2, -0.15) is 0 Å². The molecule has 11 heteroatoms. The number of halogens is 1. The molecule has 0 aliphatic carbocycles. The highest BCUT2D eigenvalue weighted by Gasteiger charge is 2.28. The third-order valence-corrected chi connectivity index (χ3v) is 6.34. The molecule has 0 saturated carbocycles. The van der Waals surface area contributed by atoms with Gasteiger partial charge in [-0.25, -0.2) is 9.67 Å². The van der Waals surface area contributed by atoms with Crippen LogP contribution in [0, 0.1) is 5.41 Å². The van der Waals surface area contributed by atoms with Crippen molar-refractivity contribution in [2.75, 3.05) is 25.5 Å². The Kier molecular flexibility index (Phi) is 9.35. The molecule has 0 spiro atoms. The maximum atomic E-state index is 13.4. The monoisotopic (exact) mass is 542 g/mol. The molecule has 3 rings (SSSR count). The van der Waals surface area contributed by atoms with Gasteiger partial charge in [0.2, 0.25) is 11.8 Å². The van der Waals surface area contributed by atoms with E-state index in [2.05, 4.69) is 20.9 Å². The minimum absolute atomic E-state index is 0.0619. The van der Waals surface area contributed by atoms with Gasteiger partial charge in [-0.3, -0.25) is 19.1 Å². The first-order valence-corrected chi connectivity index (χ1v) is 12.8. The third kappa shape index (κ3) is 6.62. The zero-order valence-electron chi connectivity index (χ0n) is 22.6. The van der Waals surface area contributed by atoms with Gasteiger partial charge in [0.15, 0.2) is 0 Å². The van der Waals surface area contributed by atoms with Crippen LogP contribution in [0.25, 0.3) is 5.69 Å². The second kappa shape index (κ2) is 12.3. The molecule has 38 heavy (non-hydrogen) atoms. The van der Waals surface area contributed by atoms with Crippen molar-refractivity contribution in [1.29, 1.82) is 0 Å². The Bertz CT molecular complexity index is 1350. The number of aromatic nitrogens is 3. The Morgan fingerprint density at radius 2 is 1.89 bits per heavy atom. The molecule has 10 nitrogen and oxygen atoms in total. The van der Waals surface area contributed by atoms with Crippen LogP contribution in [0.1, 0.15) is 56.2 Å².